The van der Waals surface area contributed by atoms with E-state index in [4.69, 9.17) is 10.00 Å². The van der Waals surface area contributed by atoms with Crippen molar-refractivity contribution in [1.29, 1.82) is 5.26 Å². The lowest BCUT2D eigenvalue weighted by Gasteiger charge is -2.07. The summed E-state index contributed by atoms with van der Waals surface area (Å²) in [4.78, 5) is 11.9. The fraction of sp³-hybridized carbons (Fsp3) is 0.0625. The Morgan fingerprint density at radius 1 is 1.46 bits per heavy atom. The molecule has 0 aliphatic carbocycles. The lowest BCUT2D eigenvalue weighted by atomic mass is 10.1. The number of hydrogen-bond acceptors (Lipinski definition) is 5. The molecule has 6 nitrogen and oxygen atoms in total. The fourth-order valence-electron chi connectivity index (χ4n) is 1.84. The predicted molar refractivity (Wildman–Crippen MR) is 88.5 cm³/mol. The van der Waals surface area contributed by atoms with Crippen molar-refractivity contribution >= 4 is 28.1 Å². The molecule has 0 saturated carbocycles. The molecule has 0 heterocycles. The maximum absolute atomic E-state index is 13.7. The average Bonchev–Trinajstić information content (AvgIpc) is 2.57. The number of rotatable bonds is 4. The van der Waals surface area contributed by atoms with Crippen molar-refractivity contribution in [3.8, 4) is 17.6 Å². The Balaban J connectivity index is 2.16. The van der Waals surface area contributed by atoms with Crippen molar-refractivity contribution in [2.45, 2.75) is 0 Å². The van der Waals surface area contributed by atoms with Gasteiger partial charge in [-0.25, -0.2) is 9.82 Å². The Hall–Kier alpha value is -2.92. The summed E-state index contributed by atoms with van der Waals surface area (Å²) in [5.41, 5.74) is 2.31. The number of phenols is 1. The van der Waals surface area contributed by atoms with Gasteiger partial charge in [-0.05, 0) is 30.3 Å². The van der Waals surface area contributed by atoms with Gasteiger partial charge in [-0.3, -0.25) is 4.79 Å². The number of hydrazone groups is 1. The van der Waals surface area contributed by atoms with E-state index in [1.165, 1.54) is 25.5 Å². The van der Waals surface area contributed by atoms with Crippen molar-refractivity contribution in [3.05, 3.63) is 57.3 Å². The van der Waals surface area contributed by atoms with Crippen molar-refractivity contribution < 1.29 is 19.0 Å². The normalized spacial score (nSPS) is 10.4. The van der Waals surface area contributed by atoms with E-state index in [1.807, 2.05) is 0 Å². The molecular weight excluding hydrogens is 381 g/mol. The smallest absolute Gasteiger partial charge is 0.274 e. The number of nitriles is 1. The molecule has 1 amide bonds. The van der Waals surface area contributed by atoms with E-state index in [2.05, 4.69) is 26.5 Å². The van der Waals surface area contributed by atoms with E-state index in [-0.39, 0.29) is 22.6 Å². The highest BCUT2D eigenvalue weighted by Gasteiger charge is 2.12. The third kappa shape index (κ3) is 3.88. The summed E-state index contributed by atoms with van der Waals surface area (Å²) >= 11 is 3.25. The third-order valence-corrected chi connectivity index (χ3v) is 3.46. The highest BCUT2D eigenvalue weighted by Crippen LogP contribution is 2.32. The number of hydrogen-bond donors (Lipinski definition) is 2. The number of amides is 1. The van der Waals surface area contributed by atoms with Crippen LogP contribution < -0.4 is 10.2 Å². The molecule has 2 N–H and O–H groups in total. The lowest BCUT2D eigenvalue weighted by molar-refractivity contribution is 0.0951. The molecule has 0 unspecified atom stereocenters. The van der Waals surface area contributed by atoms with Gasteiger partial charge in [-0.2, -0.15) is 10.4 Å². The van der Waals surface area contributed by atoms with Crippen LogP contribution >= 0.6 is 15.9 Å². The van der Waals surface area contributed by atoms with Crippen molar-refractivity contribution in [3.63, 3.8) is 0 Å². The first kappa shape index (κ1) is 17.4. The summed E-state index contributed by atoms with van der Waals surface area (Å²) in [6.07, 6.45) is 1.20. The number of nitrogens with zero attached hydrogens (tertiary/aromatic N) is 2. The standard InChI is InChI=1S/C16H11BrFN3O3/c1-24-14-6-11(17)5-10(15(14)22)8-20-21-16(23)12-3-2-9(7-19)4-13(12)18/h2-6,8,22H,1H3,(H,21,23)/b20-8-. The molecule has 24 heavy (non-hydrogen) atoms. The molecule has 0 aliphatic heterocycles. The molecule has 0 aliphatic rings. The summed E-state index contributed by atoms with van der Waals surface area (Å²) in [6, 6.07) is 8.39. The maximum atomic E-state index is 13.7. The molecule has 0 atom stereocenters. The Morgan fingerprint density at radius 2 is 2.21 bits per heavy atom. The first-order valence-corrected chi connectivity index (χ1v) is 7.35. The third-order valence-electron chi connectivity index (χ3n) is 3.00. The van der Waals surface area contributed by atoms with Crippen LogP contribution in [-0.2, 0) is 0 Å². The van der Waals surface area contributed by atoms with Crippen LogP contribution in [0.4, 0.5) is 4.39 Å². The van der Waals surface area contributed by atoms with E-state index >= 15 is 0 Å². The van der Waals surface area contributed by atoms with Gasteiger partial charge < -0.3 is 9.84 Å². The molecule has 0 fully saturated rings. The molecule has 2 aromatic rings. The van der Waals surface area contributed by atoms with Crippen LogP contribution in [0.1, 0.15) is 21.5 Å². The molecule has 0 spiro atoms. The molecule has 0 aromatic heterocycles. The minimum Gasteiger partial charge on any atom is -0.504 e. The van der Waals surface area contributed by atoms with Crippen molar-refractivity contribution in [1.82, 2.24) is 5.43 Å². The molecule has 0 saturated heterocycles. The van der Waals surface area contributed by atoms with Gasteiger partial charge >= 0.3 is 0 Å². The van der Waals surface area contributed by atoms with Crippen LogP contribution in [0.15, 0.2) is 39.9 Å². The Labute approximate surface area is 145 Å². The maximum Gasteiger partial charge on any atom is 0.274 e. The minimum atomic E-state index is -0.825. The van der Waals surface area contributed by atoms with Gasteiger partial charge in [-0.1, -0.05) is 15.9 Å². The van der Waals surface area contributed by atoms with E-state index in [1.54, 1.807) is 18.2 Å². The van der Waals surface area contributed by atoms with Crippen LogP contribution in [0.2, 0.25) is 0 Å². The second-order valence-electron chi connectivity index (χ2n) is 4.55. The first-order valence-electron chi connectivity index (χ1n) is 6.55. The predicted octanol–water partition coefficient (Wildman–Crippen LogP) is 2.94. The van der Waals surface area contributed by atoms with Crippen LogP contribution in [0.25, 0.3) is 0 Å². The van der Waals surface area contributed by atoms with Crippen LogP contribution in [0, 0.1) is 17.1 Å². The lowest BCUT2D eigenvalue weighted by Crippen LogP contribution is -2.19. The monoisotopic (exact) mass is 391 g/mol. The van der Waals surface area contributed by atoms with Crippen LogP contribution in [0.3, 0.4) is 0 Å². The van der Waals surface area contributed by atoms with Crippen molar-refractivity contribution in [2.75, 3.05) is 7.11 Å². The van der Waals surface area contributed by atoms with Gasteiger partial charge in [0.2, 0.25) is 0 Å². The van der Waals surface area contributed by atoms with Crippen LogP contribution in [0.5, 0.6) is 11.5 Å². The van der Waals surface area contributed by atoms with Gasteiger partial charge in [0, 0.05) is 10.0 Å². The zero-order chi connectivity index (χ0) is 17.7. The number of aromatic hydroxyl groups is 1. The SMILES string of the molecule is COc1cc(Br)cc(/C=N\NC(=O)c2ccc(C#N)cc2F)c1O. The fourth-order valence-corrected chi connectivity index (χ4v) is 2.29. The topological polar surface area (TPSA) is 94.7 Å². The summed E-state index contributed by atoms with van der Waals surface area (Å²) < 4.78 is 19.4. The summed E-state index contributed by atoms with van der Waals surface area (Å²) in [7, 11) is 1.40. The summed E-state index contributed by atoms with van der Waals surface area (Å²) in [5.74, 6) is -1.53. The number of nitrogens with one attached hydrogen (secondary N) is 1. The second kappa shape index (κ2) is 7.57. The largest absolute Gasteiger partial charge is 0.504 e. The average molecular weight is 392 g/mol. The number of methoxy groups -OCH3 is 1. The van der Waals surface area contributed by atoms with E-state index in [0.717, 1.165) is 6.07 Å². The molecular formula is C16H11BrFN3O3. The quantitative estimate of drug-likeness (QED) is 0.618. The zero-order valence-electron chi connectivity index (χ0n) is 12.4. The van der Waals surface area contributed by atoms with Gasteiger partial charge in [0.05, 0.1) is 30.5 Å². The Kier molecular flexibility index (Phi) is 5.50. The number of carbonyl (C=O) groups is 1. The molecule has 0 bridgehead atoms. The summed E-state index contributed by atoms with van der Waals surface area (Å²) in [6.45, 7) is 0. The number of carbonyl (C=O) groups excluding carboxylic acids is 1. The van der Waals surface area contributed by atoms with Gasteiger partial charge in [-0.15, -0.1) is 0 Å². The number of ether oxygens (including phenoxy) is 1. The van der Waals surface area contributed by atoms with Crippen molar-refractivity contribution in [2.24, 2.45) is 5.10 Å². The van der Waals surface area contributed by atoms with Gasteiger partial charge in [0.1, 0.15) is 5.82 Å². The minimum absolute atomic E-state index is 0.110. The zero-order valence-corrected chi connectivity index (χ0v) is 14.0. The van der Waals surface area contributed by atoms with Gasteiger partial charge in [0.25, 0.3) is 5.91 Å². The Morgan fingerprint density at radius 3 is 2.83 bits per heavy atom. The summed E-state index contributed by atoms with van der Waals surface area (Å²) in [5, 5.41) is 22.3. The number of benzene rings is 2. The first-order chi connectivity index (χ1) is 11.5. The highest BCUT2D eigenvalue weighted by molar-refractivity contribution is 9.10. The van der Waals surface area contributed by atoms with E-state index in [9.17, 15) is 14.3 Å². The van der Waals surface area contributed by atoms with Crippen LogP contribution in [-0.4, -0.2) is 24.3 Å². The molecule has 2 aromatic carbocycles. The molecule has 8 heteroatoms. The molecule has 2 rings (SSSR count). The molecule has 122 valence electrons. The van der Waals surface area contributed by atoms with E-state index < -0.39 is 11.7 Å². The second-order valence-corrected chi connectivity index (χ2v) is 5.47. The van der Waals surface area contributed by atoms with E-state index in [0.29, 0.717) is 10.0 Å². The highest BCUT2D eigenvalue weighted by atomic mass is 79.9. The number of phenolic OH excluding ortho intramolecular Hbond substituents is 1. The number of halogens is 2. The molecule has 0 radical (unpaired) electrons. The van der Waals surface area contributed by atoms with Gasteiger partial charge in [0.15, 0.2) is 11.5 Å². The Bertz CT molecular complexity index is 862.